The fourth-order valence-electron chi connectivity index (χ4n) is 3.48. The fourth-order valence-corrected chi connectivity index (χ4v) is 4.18. The summed E-state index contributed by atoms with van der Waals surface area (Å²) in [4.78, 5) is 28.4. The van der Waals surface area contributed by atoms with Crippen LogP contribution in [0, 0.1) is 0 Å². The van der Waals surface area contributed by atoms with Crippen LogP contribution in [0.25, 0.3) is 0 Å². The first-order chi connectivity index (χ1) is 14.5. The summed E-state index contributed by atoms with van der Waals surface area (Å²) >= 11 is 1.47. The number of carbonyl (C=O) groups is 2. The van der Waals surface area contributed by atoms with Crippen LogP contribution in [-0.4, -0.2) is 33.4 Å². The third-order valence-corrected chi connectivity index (χ3v) is 5.66. The average molecular weight is 425 g/mol. The second-order valence-corrected chi connectivity index (χ2v) is 7.68. The number of aliphatic hydroxyl groups excluding tert-OH is 1. The van der Waals surface area contributed by atoms with Gasteiger partial charge in [0.1, 0.15) is 0 Å². The van der Waals surface area contributed by atoms with E-state index in [1.165, 1.54) is 34.6 Å². The van der Waals surface area contributed by atoms with E-state index < -0.39 is 23.5 Å². The number of hydrogen-bond donors (Lipinski definition) is 2. The number of benzene rings is 1. The smallest absolute Gasteiger partial charge is 0.290 e. The predicted molar refractivity (Wildman–Crippen MR) is 110 cm³/mol. The molecule has 0 saturated heterocycles. The monoisotopic (exact) mass is 425 g/mol. The van der Waals surface area contributed by atoms with E-state index >= 15 is 0 Å². The number of aromatic hydroxyl groups is 1. The first kappa shape index (κ1) is 19.8. The molecule has 3 heterocycles. The first-order valence-electron chi connectivity index (χ1n) is 9.31. The summed E-state index contributed by atoms with van der Waals surface area (Å²) in [6.07, 6.45) is 1.35. The van der Waals surface area contributed by atoms with Gasteiger partial charge < -0.3 is 24.3 Å². The summed E-state index contributed by atoms with van der Waals surface area (Å²) in [5.41, 5.74) is 0.458. The van der Waals surface area contributed by atoms with Gasteiger partial charge in [0.25, 0.3) is 5.91 Å². The molecule has 1 unspecified atom stereocenters. The quantitative estimate of drug-likeness (QED) is 0.550. The zero-order valence-corrected chi connectivity index (χ0v) is 16.9. The van der Waals surface area contributed by atoms with E-state index in [0.29, 0.717) is 12.2 Å². The lowest BCUT2D eigenvalue weighted by molar-refractivity contribution is -0.130. The van der Waals surface area contributed by atoms with Gasteiger partial charge in [0, 0.05) is 4.88 Å². The minimum atomic E-state index is -0.864. The zero-order chi connectivity index (χ0) is 21.3. The molecule has 0 fully saturated rings. The van der Waals surface area contributed by atoms with E-state index in [2.05, 4.69) is 0 Å². The SMILES string of the molecule is CCOc1cc(C2C(C(=O)c3ccco3)=C(O)C(=O)N2Cc2cccs2)ccc1O. The molecule has 154 valence electrons. The molecule has 1 atom stereocenters. The van der Waals surface area contributed by atoms with Crippen molar-refractivity contribution in [1.82, 2.24) is 4.90 Å². The molecule has 1 aliphatic heterocycles. The van der Waals surface area contributed by atoms with Crippen LogP contribution in [0.1, 0.15) is 34.0 Å². The van der Waals surface area contributed by atoms with E-state index in [1.807, 2.05) is 17.5 Å². The number of aliphatic hydroxyl groups is 1. The number of ether oxygens (including phenoxy) is 1. The van der Waals surface area contributed by atoms with Crippen LogP contribution in [0.4, 0.5) is 0 Å². The number of thiophene rings is 1. The number of furan rings is 1. The van der Waals surface area contributed by atoms with Gasteiger partial charge in [0.2, 0.25) is 5.78 Å². The van der Waals surface area contributed by atoms with Crippen molar-refractivity contribution in [2.24, 2.45) is 0 Å². The molecule has 0 spiro atoms. The van der Waals surface area contributed by atoms with Crippen LogP contribution in [0.15, 0.2) is 69.9 Å². The lowest BCUT2D eigenvalue weighted by Gasteiger charge is -2.26. The highest BCUT2D eigenvalue weighted by molar-refractivity contribution is 7.09. The average Bonchev–Trinajstić information content (AvgIpc) is 3.48. The predicted octanol–water partition coefficient (Wildman–Crippen LogP) is 4.22. The fraction of sp³-hybridized carbons (Fsp3) is 0.182. The maximum atomic E-state index is 13.1. The topological polar surface area (TPSA) is 100 Å². The van der Waals surface area contributed by atoms with Gasteiger partial charge in [-0.25, -0.2) is 0 Å². The third-order valence-electron chi connectivity index (χ3n) is 4.80. The molecule has 1 aliphatic rings. The van der Waals surface area contributed by atoms with Crippen molar-refractivity contribution < 1.29 is 29.0 Å². The van der Waals surface area contributed by atoms with Crippen molar-refractivity contribution in [2.45, 2.75) is 19.5 Å². The number of rotatable bonds is 7. The highest BCUT2D eigenvalue weighted by Gasteiger charge is 2.44. The number of ketones is 1. The minimum Gasteiger partial charge on any atom is -0.504 e. The van der Waals surface area contributed by atoms with Crippen molar-refractivity contribution >= 4 is 23.0 Å². The van der Waals surface area contributed by atoms with Crippen molar-refractivity contribution in [2.75, 3.05) is 6.61 Å². The summed E-state index contributed by atoms with van der Waals surface area (Å²) in [6, 6.07) is 10.5. The molecule has 0 saturated carbocycles. The number of hydrogen-bond acceptors (Lipinski definition) is 7. The van der Waals surface area contributed by atoms with Crippen molar-refractivity contribution in [3.8, 4) is 11.5 Å². The van der Waals surface area contributed by atoms with E-state index in [9.17, 15) is 19.8 Å². The van der Waals surface area contributed by atoms with Crippen LogP contribution in [-0.2, 0) is 11.3 Å². The van der Waals surface area contributed by atoms with Crippen LogP contribution in [0.2, 0.25) is 0 Å². The van der Waals surface area contributed by atoms with Crippen molar-refractivity contribution in [1.29, 1.82) is 0 Å². The Morgan fingerprint density at radius 3 is 2.73 bits per heavy atom. The molecule has 8 heteroatoms. The normalized spacial score (nSPS) is 16.4. The molecule has 1 amide bonds. The van der Waals surface area contributed by atoms with E-state index in [-0.39, 0.29) is 29.4 Å². The zero-order valence-electron chi connectivity index (χ0n) is 16.1. The molecule has 0 aliphatic carbocycles. The number of phenols is 1. The Morgan fingerprint density at radius 2 is 2.07 bits per heavy atom. The standard InChI is InChI=1S/C22H19NO6S/c1-2-28-17-11-13(7-8-15(17)24)19-18(20(25)16-6-3-9-29-16)21(26)22(27)23(19)12-14-5-4-10-30-14/h3-11,19,24,26H,2,12H2,1H3. The molecule has 2 aromatic heterocycles. The van der Waals surface area contributed by atoms with E-state index in [1.54, 1.807) is 25.1 Å². The maximum absolute atomic E-state index is 13.1. The van der Waals surface area contributed by atoms with E-state index in [0.717, 1.165) is 4.88 Å². The summed E-state index contributed by atoms with van der Waals surface area (Å²) in [7, 11) is 0. The second kappa shape index (κ2) is 8.08. The van der Waals surface area contributed by atoms with E-state index in [4.69, 9.17) is 9.15 Å². The van der Waals surface area contributed by atoms with Gasteiger partial charge >= 0.3 is 0 Å². The summed E-state index contributed by atoms with van der Waals surface area (Å²) in [5.74, 6) is -1.62. The van der Waals surface area contributed by atoms with Gasteiger partial charge in [-0.15, -0.1) is 11.3 Å². The lowest BCUT2D eigenvalue weighted by atomic mass is 9.94. The summed E-state index contributed by atoms with van der Waals surface area (Å²) in [6.45, 7) is 2.33. The molecule has 3 aromatic rings. The van der Waals surface area contributed by atoms with Crippen molar-refractivity contribution in [3.05, 3.63) is 81.6 Å². The highest BCUT2D eigenvalue weighted by Crippen LogP contribution is 2.42. The number of carbonyl (C=O) groups excluding carboxylic acids is 2. The number of Topliss-reactive ketones (excluding diaryl/α,β-unsaturated/α-hetero) is 1. The molecule has 0 radical (unpaired) electrons. The molecule has 0 bridgehead atoms. The highest BCUT2D eigenvalue weighted by atomic mass is 32.1. The Morgan fingerprint density at radius 1 is 1.23 bits per heavy atom. The van der Waals surface area contributed by atoms with Gasteiger partial charge in [-0.1, -0.05) is 12.1 Å². The third kappa shape index (κ3) is 3.46. The lowest BCUT2D eigenvalue weighted by Crippen LogP contribution is -2.30. The maximum Gasteiger partial charge on any atom is 0.290 e. The summed E-state index contributed by atoms with van der Waals surface area (Å²) in [5, 5.41) is 22.6. The minimum absolute atomic E-state index is 0.0242. The molecule has 30 heavy (non-hydrogen) atoms. The Hall–Kier alpha value is -3.52. The van der Waals surface area contributed by atoms with Gasteiger partial charge in [0.05, 0.1) is 31.0 Å². The van der Waals surface area contributed by atoms with Gasteiger partial charge in [-0.3, -0.25) is 9.59 Å². The van der Waals surface area contributed by atoms with Crippen LogP contribution >= 0.6 is 11.3 Å². The van der Waals surface area contributed by atoms with Crippen molar-refractivity contribution in [3.63, 3.8) is 0 Å². The second-order valence-electron chi connectivity index (χ2n) is 6.64. The Bertz CT molecular complexity index is 1100. The Kier molecular flexibility index (Phi) is 5.33. The van der Waals surface area contributed by atoms with Gasteiger partial charge in [-0.05, 0) is 48.2 Å². The molecule has 1 aromatic carbocycles. The molecule has 7 nitrogen and oxygen atoms in total. The molecule has 4 rings (SSSR count). The van der Waals surface area contributed by atoms with Gasteiger partial charge in [-0.2, -0.15) is 0 Å². The largest absolute Gasteiger partial charge is 0.504 e. The van der Waals surface area contributed by atoms with Crippen LogP contribution in [0.5, 0.6) is 11.5 Å². The number of amides is 1. The summed E-state index contributed by atoms with van der Waals surface area (Å²) < 4.78 is 10.7. The molecular formula is C22H19NO6S. The van der Waals surface area contributed by atoms with Crippen LogP contribution in [0.3, 0.4) is 0 Å². The Labute approximate surface area is 176 Å². The number of nitrogens with zero attached hydrogens (tertiary/aromatic N) is 1. The Balaban J connectivity index is 1.82. The van der Waals surface area contributed by atoms with Crippen LogP contribution < -0.4 is 4.74 Å². The van der Waals surface area contributed by atoms with Gasteiger partial charge in [0.15, 0.2) is 23.0 Å². The first-order valence-corrected chi connectivity index (χ1v) is 10.2. The molecule has 2 N–H and O–H groups in total. The number of phenolic OH excluding ortho intramolecular Hbond substituents is 1. The molecular weight excluding hydrogens is 406 g/mol.